The molecular weight excluding hydrogens is 222 g/mol. The Morgan fingerprint density at radius 3 is 2.25 bits per heavy atom. The van der Waals surface area contributed by atoms with E-state index in [0.29, 0.717) is 4.90 Å². The predicted molar refractivity (Wildman–Crippen MR) is 66.1 cm³/mol. The van der Waals surface area contributed by atoms with E-state index < -0.39 is 9.84 Å². The van der Waals surface area contributed by atoms with Crippen LogP contribution in [0.25, 0.3) is 0 Å². The van der Waals surface area contributed by atoms with Crippen molar-refractivity contribution >= 4 is 9.84 Å². The van der Waals surface area contributed by atoms with Crippen molar-refractivity contribution in [2.24, 2.45) is 5.73 Å². The maximum Gasteiger partial charge on any atom is 0.178 e. The van der Waals surface area contributed by atoms with Crippen molar-refractivity contribution < 1.29 is 8.42 Å². The smallest absolute Gasteiger partial charge is 0.178 e. The molecule has 0 radical (unpaired) electrons. The Labute approximate surface area is 97.6 Å². The predicted octanol–water partition coefficient (Wildman–Crippen LogP) is 1.76. The molecule has 3 nitrogen and oxygen atoms in total. The Morgan fingerprint density at radius 1 is 1.25 bits per heavy atom. The highest BCUT2D eigenvalue weighted by Gasteiger charge is 2.10. The van der Waals surface area contributed by atoms with Gasteiger partial charge in [-0.05, 0) is 37.5 Å². The average Bonchev–Trinajstić information content (AvgIpc) is 2.27. The Hall–Kier alpha value is -0.870. The van der Waals surface area contributed by atoms with Crippen molar-refractivity contribution in [3.05, 3.63) is 29.8 Å². The van der Waals surface area contributed by atoms with E-state index in [-0.39, 0.29) is 11.8 Å². The lowest BCUT2D eigenvalue weighted by Gasteiger charge is -2.06. The topological polar surface area (TPSA) is 60.2 Å². The second kappa shape index (κ2) is 5.46. The van der Waals surface area contributed by atoms with Gasteiger partial charge in [-0.25, -0.2) is 8.42 Å². The second-order valence-electron chi connectivity index (χ2n) is 4.06. The van der Waals surface area contributed by atoms with Gasteiger partial charge in [0.25, 0.3) is 0 Å². The zero-order valence-corrected chi connectivity index (χ0v) is 10.6. The van der Waals surface area contributed by atoms with E-state index in [2.05, 4.69) is 0 Å². The molecule has 1 unspecified atom stereocenters. The van der Waals surface area contributed by atoms with Crippen LogP contribution in [0.2, 0.25) is 0 Å². The number of sulfone groups is 1. The summed E-state index contributed by atoms with van der Waals surface area (Å²) < 4.78 is 23.1. The molecule has 4 heteroatoms. The van der Waals surface area contributed by atoms with Crippen LogP contribution in [-0.4, -0.2) is 20.2 Å². The van der Waals surface area contributed by atoms with Gasteiger partial charge >= 0.3 is 0 Å². The molecule has 1 rings (SSSR count). The molecule has 0 saturated heterocycles. The summed E-state index contributed by atoms with van der Waals surface area (Å²) in [7, 11) is -3.07. The molecule has 0 amide bonds. The molecule has 0 aromatic heterocycles. The summed E-state index contributed by atoms with van der Waals surface area (Å²) in [6.45, 7) is 3.62. The first kappa shape index (κ1) is 13.2. The van der Waals surface area contributed by atoms with Crippen molar-refractivity contribution in [1.82, 2.24) is 0 Å². The Morgan fingerprint density at radius 2 is 1.81 bits per heavy atom. The maximum atomic E-state index is 11.6. The first-order valence-corrected chi connectivity index (χ1v) is 7.18. The Balaban J connectivity index is 2.76. The lowest BCUT2D eigenvalue weighted by atomic mass is 10.1. The fourth-order valence-electron chi connectivity index (χ4n) is 1.42. The molecule has 90 valence electrons. The lowest BCUT2D eigenvalue weighted by Crippen LogP contribution is -2.15. The summed E-state index contributed by atoms with van der Waals surface area (Å²) in [5.41, 5.74) is 6.80. The van der Waals surface area contributed by atoms with Crippen molar-refractivity contribution in [2.75, 3.05) is 5.75 Å². The SMILES string of the molecule is CCS(=O)(=O)c1ccc(CCC(C)N)cc1. The Bertz CT molecular complexity index is 421. The molecule has 0 aliphatic rings. The number of aryl methyl sites for hydroxylation is 1. The third-order valence-electron chi connectivity index (χ3n) is 2.55. The van der Waals surface area contributed by atoms with Crippen LogP contribution in [0.3, 0.4) is 0 Å². The summed E-state index contributed by atoms with van der Waals surface area (Å²) in [6, 6.07) is 7.26. The van der Waals surface area contributed by atoms with Crippen LogP contribution in [0, 0.1) is 0 Å². The van der Waals surface area contributed by atoms with Crippen LogP contribution >= 0.6 is 0 Å². The first-order valence-electron chi connectivity index (χ1n) is 5.53. The third kappa shape index (κ3) is 3.61. The van der Waals surface area contributed by atoms with E-state index in [0.717, 1.165) is 18.4 Å². The van der Waals surface area contributed by atoms with Crippen LogP contribution in [0.15, 0.2) is 29.2 Å². The second-order valence-corrected chi connectivity index (χ2v) is 6.34. The van der Waals surface area contributed by atoms with Crippen LogP contribution in [0.5, 0.6) is 0 Å². The highest BCUT2D eigenvalue weighted by Crippen LogP contribution is 2.13. The van der Waals surface area contributed by atoms with E-state index in [9.17, 15) is 8.42 Å². The number of rotatable bonds is 5. The van der Waals surface area contributed by atoms with Gasteiger partial charge in [-0.2, -0.15) is 0 Å². The molecule has 0 saturated carbocycles. The summed E-state index contributed by atoms with van der Waals surface area (Å²) in [5.74, 6) is 0.145. The van der Waals surface area contributed by atoms with Gasteiger partial charge < -0.3 is 5.73 Å². The van der Waals surface area contributed by atoms with Gasteiger partial charge in [-0.15, -0.1) is 0 Å². The molecule has 0 spiro atoms. The van der Waals surface area contributed by atoms with Crippen molar-refractivity contribution in [3.63, 3.8) is 0 Å². The van der Waals surface area contributed by atoms with E-state index >= 15 is 0 Å². The van der Waals surface area contributed by atoms with Crippen LogP contribution in [0.4, 0.5) is 0 Å². The number of hydrogen-bond acceptors (Lipinski definition) is 3. The van der Waals surface area contributed by atoms with Crippen LogP contribution in [-0.2, 0) is 16.3 Å². The third-order valence-corrected chi connectivity index (χ3v) is 4.30. The van der Waals surface area contributed by atoms with Gasteiger partial charge in [0.15, 0.2) is 9.84 Å². The summed E-state index contributed by atoms with van der Waals surface area (Å²) in [4.78, 5) is 0.402. The number of benzene rings is 1. The molecule has 1 atom stereocenters. The van der Waals surface area contributed by atoms with E-state index in [1.165, 1.54) is 0 Å². The van der Waals surface area contributed by atoms with Gasteiger partial charge in [0.05, 0.1) is 10.6 Å². The fraction of sp³-hybridized carbons (Fsp3) is 0.500. The van der Waals surface area contributed by atoms with Gasteiger partial charge in [-0.3, -0.25) is 0 Å². The molecular formula is C12H19NO2S. The van der Waals surface area contributed by atoms with Crippen molar-refractivity contribution in [3.8, 4) is 0 Å². The first-order chi connectivity index (χ1) is 7.45. The molecule has 2 N–H and O–H groups in total. The van der Waals surface area contributed by atoms with E-state index in [1.54, 1.807) is 19.1 Å². The van der Waals surface area contributed by atoms with Gasteiger partial charge in [0.2, 0.25) is 0 Å². The number of hydrogen-bond donors (Lipinski definition) is 1. The van der Waals surface area contributed by atoms with Gasteiger partial charge in [0, 0.05) is 6.04 Å². The lowest BCUT2D eigenvalue weighted by molar-refractivity contribution is 0.597. The molecule has 16 heavy (non-hydrogen) atoms. The molecule has 0 fully saturated rings. The van der Waals surface area contributed by atoms with Crippen LogP contribution in [0.1, 0.15) is 25.8 Å². The maximum absolute atomic E-state index is 11.6. The van der Waals surface area contributed by atoms with Crippen molar-refractivity contribution in [2.45, 2.75) is 37.6 Å². The van der Waals surface area contributed by atoms with Crippen LogP contribution < -0.4 is 5.73 Å². The largest absolute Gasteiger partial charge is 0.328 e. The molecule has 0 aliphatic heterocycles. The monoisotopic (exact) mass is 241 g/mol. The quantitative estimate of drug-likeness (QED) is 0.854. The zero-order chi connectivity index (χ0) is 12.2. The zero-order valence-electron chi connectivity index (χ0n) is 9.81. The summed E-state index contributed by atoms with van der Waals surface area (Å²) >= 11 is 0. The standard InChI is InChI=1S/C12H19NO2S/c1-3-16(14,15)12-8-6-11(7-9-12)5-4-10(2)13/h6-10H,3-5,13H2,1-2H3. The summed E-state index contributed by atoms with van der Waals surface area (Å²) in [5, 5.41) is 0. The van der Waals surface area contributed by atoms with Crippen molar-refractivity contribution in [1.29, 1.82) is 0 Å². The number of nitrogens with two attached hydrogens (primary N) is 1. The molecule has 1 aromatic rings. The minimum atomic E-state index is -3.07. The Kier molecular flexibility index (Phi) is 4.50. The molecule has 0 heterocycles. The summed E-state index contributed by atoms with van der Waals surface area (Å²) in [6.07, 6.45) is 1.81. The molecule has 1 aromatic carbocycles. The minimum Gasteiger partial charge on any atom is -0.328 e. The highest BCUT2D eigenvalue weighted by molar-refractivity contribution is 7.91. The molecule has 0 bridgehead atoms. The minimum absolute atomic E-state index is 0.145. The van der Waals surface area contributed by atoms with Gasteiger partial charge in [0.1, 0.15) is 0 Å². The normalized spacial score (nSPS) is 13.7. The molecule has 0 aliphatic carbocycles. The van der Waals surface area contributed by atoms with Gasteiger partial charge in [-0.1, -0.05) is 19.1 Å². The van der Waals surface area contributed by atoms with E-state index in [4.69, 9.17) is 5.73 Å². The fourth-order valence-corrected chi connectivity index (χ4v) is 2.31. The van der Waals surface area contributed by atoms with E-state index in [1.807, 2.05) is 19.1 Å². The average molecular weight is 241 g/mol. The highest BCUT2D eigenvalue weighted by atomic mass is 32.2.